The molecule has 0 saturated heterocycles. The molecular weight excluding hydrogens is 200 g/mol. The minimum atomic E-state index is 0.726. The van der Waals surface area contributed by atoms with Crippen molar-refractivity contribution in [3.8, 4) is 11.4 Å². The molecule has 1 aromatic carbocycles. The summed E-state index contributed by atoms with van der Waals surface area (Å²) in [6, 6.07) is 7.54. The van der Waals surface area contributed by atoms with E-state index in [9.17, 15) is 0 Å². The van der Waals surface area contributed by atoms with Gasteiger partial charge in [0.2, 0.25) is 0 Å². The zero-order valence-electron chi connectivity index (χ0n) is 9.17. The first-order valence-corrected chi connectivity index (χ1v) is 5.16. The van der Waals surface area contributed by atoms with Gasteiger partial charge in [0.05, 0.1) is 6.54 Å². The number of anilines is 1. The van der Waals surface area contributed by atoms with Crippen molar-refractivity contribution in [1.82, 2.24) is 14.8 Å². The second kappa shape index (κ2) is 4.61. The van der Waals surface area contributed by atoms with Gasteiger partial charge in [-0.05, 0) is 31.2 Å². The molecule has 0 fully saturated rings. The van der Waals surface area contributed by atoms with E-state index in [1.807, 2.05) is 43.3 Å². The second-order valence-electron chi connectivity index (χ2n) is 3.48. The zero-order valence-corrected chi connectivity index (χ0v) is 9.17. The van der Waals surface area contributed by atoms with Gasteiger partial charge in [-0.15, -0.1) is 0 Å². The van der Waals surface area contributed by atoms with Crippen LogP contribution in [0, 0.1) is 0 Å². The highest BCUT2D eigenvalue weighted by Crippen LogP contribution is 2.15. The van der Waals surface area contributed by atoms with Gasteiger partial charge >= 0.3 is 0 Å². The van der Waals surface area contributed by atoms with Crippen molar-refractivity contribution in [3.63, 3.8) is 0 Å². The topological polar surface area (TPSA) is 56.7 Å². The van der Waals surface area contributed by atoms with Gasteiger partial charge in [-0.2, -0.15) is 5.10 Å². The van der Waals surface area contributed by atoms with Gasteiger partial charge in [-0.25, -0.2) is 9.67 Å². The number of aromatic nitrogens is 3. The highest BCUT2D eigenvalue weighted by molar-refractivity contribution is 5.57. The van der Waals surface area contributed by atoms with Gasteiger partial charge in [0.15, 0.2) is 5.82 Å². The molecule has 16 heavy (non-hydrogen) atoms. The minimum Gasteiger partial charge on any atom is -0.399 e. The van der Waals surface area contributed by atoms with Gasteiger partial charge in [0, 0.05) is 11.3 Å². The molecule has 0 unspecified atom stereocenters. The fourth-order valence-electron chi connectivity index (χ4n) is 1.36. The van der Waals surface area contributed by atoms with E-state index in [0.29, 0.717) is 0 Å². The van der Waals surface area contributed by atoms with Crippen molar-refractivity contribution in [2.24, 2.45) is 0 Å². The van der Waals surface area contributed by atoms with Crippen LogP contribution in [0.3, 0.4) is 0 Å². The number of benzene rings is 1. The Labute approximate surface area is 94.4 Å². The number of allylic oxidation sites excluding steroid dienone is 2. The molecule has 82 valence electrons. The lowest BCUT2D eigenvalue weighted by molar-refractivity contribution is 0.701. The SMILES string of the molecule is C/C=C/Cn1cnc(-c2ccc(N)cc2)n1. The minimum absolute atomic E-state index is 0.726. The number of rotatable bonds is 3. The molecule has 2 N–H and O–H groups in total. The Hall–Kier alpha value is -2.10. The predicted molar refractivity (Wildman–Crippen MR) is 64.7 cm³/mol. The van der Waals surface area contributed by atoms with Crippen LogP contribution in [-0.2, 0) is 6.54 Å². The average Bonchev–Trinajstić information content (AvgIpc) is 2.76. The quantitative estimate of drug-likeness (QED) is 0.628. The Morgan fingerprint density at radius 3 is 2.75 bits per heavy atom. The van der Waals surface area contributed by atoms with Crippen LogP contribution in [0.4, 0.5) is 5.69 Å². The van der Waals surface area contributed by atoms with Crippen LogP contribution in [0.2, 0.25) is 0 Å². The van der Waals surface area contributed by atoms with E-state index < -0.39 is 0 Å². The molecular formula is C12H14N4. The molecule has 0 amide bonds. The Morgan fingerprint density at radius 1 is 1.31 bits per heavy atom. The molecule has 4 heteroatoms. The van der Waals surface area contributed by atoms with Crippen molar-refractivity contribution in [2.75, 3.05) is 5.73 Å². The number of nitrogens with zero attached hydrogens (tertiary/aromatic N) is 3. The lowest BCUT2D eigenvalue weighted by atomic mass is 10.2. The van der Waals surface area contributed by atoms with Crippen molar-refractivity contribution in [3.05, 3.63) is 42.7 Å². The van der Waals surface area contributed by atoms with Crippen LogP contribution in [0.5, 0.6) is 0 Å². The molecule has 4 nitrogen and oxygen atoms in total. The fourth-order valence-corrected chi connectivity index (χ4v) is 1.36. The third kappa shape index (κ3) is 2.28. The fraction of sp³-hybridized carbons (Fsp3) is 0.167. The first-order valence-electron chi connectivity index (χ1n) is 5.16. The van der Waals surface area contributed by atoms with Gasteiger partial charge < -0.3 is 5.73 Å². The molecule has 2 aromatic rings. The average molecular weight is 214 g/mol. The summed E-state index contributed by atoms with van der Waals surface area (Å²) in [6.07, 6.45) is 5.75. The van der Waals surface area contributed by atoms with Crippen LogP contribution in [0.15, 0.2) is 42.7 Å². The smallest absolute Gasteiger partial charge is 0.181 e. The predicted octanol–water partition coefficient (Wildman–Crippen LogP) is 2.10. The third-order valence-corrected chi connectivity index (χ3v) is 2.23. The van der Waals surface area contributed by atoms with Crippen LogP contribution >= 0.6 is 0 Å². The summed E-state index contributed by atoms with van der Waals surface area (Å²) in [5, 5.41) is 4.36. The summed E-state index contributed by atoms with van der Waals surface area (Å²) in [4.78, 5) is 4.25. The maximum atomic E-state index is 5.62. The number of hydrogen-bond donors (Lipinski definition) is 1. The molecule has 0 atom stereocenters. The van der Waals surface area contributed by atoms with Gasteiger partial charge in [0.1, 0.15) is 6.33 Å². The number of hydrogen-bond acceptors (Lipinski definition) is 3. The summed E-state index contributed by atoms with van der Waals surface area (Å²) in [6.45, 7) is 2.73. The maximum Gasteiger partial charge on any atom is 0.181 e. The van der Waals surface area contributed by atoms with Crippen molar-refractivity contribution in [1.29, 1.82) is 0 Å². The molecule has 0 radical (unpaired) electrons. The van der Waals surface area contributed by atoms with E-state index in [-0.39, 0.29) is 0 Å². The summed E-state index contributed by atoms with van der Waals surface area (Å²) in [5.41, 5.74) is 7.35. The van der Waals surface area contributed by atoms with Crippen LogP contribution < -0.4 is 5.73 Å². The Bertz CT molecular complexity index is 482. The standard InChI is InChI=1S/C12H14N4/c1-2-3-8-16-9-14-12(15-16)10-4-6-11(13)7-5-10/h2-7,9H,8,13H2,1H3/b3-2+. The van der Waals surface area contributed by atoms with Crippen molar-refractivity contribution < 1.29 is 0 Å². The third-order valence-electron chi connectivity index (χ3n) is 2.23. The number of nitrogens with two attached hydrogens (primary N) is 1. The van der Waals surface area contributed by atoms with Crippen LogP contribution in [-0.4, -0.2) is 14.8 Å². The normalized spacial score (nSPS) is 11.1. The van der Waals surface area contributed by atoms with E-state index in [0.717, 1.165) is 23.6 Å². The Morgan fingerprint density at radius 2 is 2.06 bits per heavy atom. The zero-order chi connectivity index (χ0) is 11.4. The molecule has 0 saturated carbocycles. The molecule has 1 heterocycles. The van der Waals surface area contributed by atoms with E-state index in [2.05, 4.69) is 10.1 Å². The number of nitrogen functional groups attached to an aromatic ring is 1. The monoisotopic (exact) mass is 214 g/mol. The lowest BCUT2D eigenvalue weighted by Gasteiger charge is -1.96. The summed E-state index contributed by atoms with van der Waals surface area (Å²) in [7, 11) is 0. The first-order chi connectivity index (χ1) is 7.79. The highest BCUT2D eigenvalue weighted by Gasteiger charge is 2.02. The summed E-state index contributed by atoms with van der Waals surface area (Å²) >= 11 is 0. The van der Waals surface area contributed by atoms with Crippen LogP contribution in [0.1, 0.15) is 6.92 Å². The molecule has 0 bridgehead atoms. The van der Waals surface area contributed by atoms with Gasteiger partial charge in [-0.1, -0.05) is 12.2 Å². The van der Waals surface area contributed by atoms with Crippen molar-refractivity contribution in [2.45, 2.75) is 13.5 Å². The second-order valence-corrected chi connectivity index (χ2v) is 3.48. The lowest BCUT2D eigenvalue weighted by Crippen LogP contribution is -1.95. The summed E-state index contributed by atoms with van der Waals surface area (Å²) in [5.74, 6) is 0.726. The van der Waals surface area contributed by atoms with Crippen LogP contribution in [0.25, 0.3) is 11.4 Å². The van der Waals surface area contributed by atoms with E-state index in [1.165, 1.54) is 0 Å². The highest BCUT2D eigenvalue weighted by atomic mass is 15.3. The molecule has 2 rings (SSSR count). The van der Waals surface area contributed by atoms with E-state index >= 15 is 0 Å². The molecule has 1 aromatic heterocycles. The largest absolute Gasteiger partial charge is 0.399 e. The summed E-state index contributed by atoms with van der Waals surface area (Å²) < 4.78 is 1.80. The van der Waals surface area contributed by atoms with Gasteiger partial charge in [-0.3, -0.25) is 0 Å². The van der Waals surface area contributed by atoms with Gasteiger partial charge in [0.25, 0.3) is 0 Å². The maximum absolute atomic E-state index is 5.62. The Balaban J connectivity index is 2.21. The molecule has 0 aliphatic heterocycles. The first kappa shape index (κ1) is 10.4. The van der Waals surface area contributed by atoms with Crippen molar-refractivity contribution >= 4 is 5.69 Å². The molecule has 0 aliphatic rings. The van der Waals surface area contributed by atoms with E-state index in [1.54, 1.807) is 11.0 Å². The molecule has 0 spiro atoms. The molecule has 0 aliphatic carbocycles. The van der Waals surface area contributed by atoms with E-state index in [4.69, 9.17) is 5.73 Å². The Kier molecular flexibility index (Phi) is 3.00.